The number of ether oxygens (including phenoxy) is 1. The number of benzene rings is 1. The third-order valence-corrected chi connectivity index (χ3v) is 4.11. The first-order chi connectivity index (χ1) is 7.15. The standard InChI is InChI=1S/C12H14BrFO/c1-9-2-3-10(14)6-11(9)15-8-12(7-13)4-5-12/h2-3,6H,4-5,7-8H2,1H3. The van der Waals surface area contributed by atoms with Crippen LogP contribution < -0.4 is 4.74 Å². The highest BCUT2D eigenvalue weighted by Gasteiger charge is 2.42. The second-order valence-corrected chi connectivity index (χ2v) is 4.89. The van der Waals surface area contributed by atoms with Crippen LogP contribution in [0.1, 0.15) is 18.4 Å². The van der Waals surface area contributed by atoms with Crippen LogP contribution in [0.15, 0.2) is 18.2 Å². The van der Waals surface area contributed by atoms with Gasteiger partial charge in [-0.25, -0.2) is 4.39 Å². The van der Waals surface area contributed by atoms with Crippen molar-refractivity contribution >= 4 is 15.9 Å². The average Bonchev–Trinajstić information content (AvgIpc) is 3.00. The van der Waals surface area contributed by atoms with E-state index in [2.05, 4.69) is 15.9 Å². The molecular formula is C12H14BrFO. The van der Waals surface area contributed by atoms with Crippen molar-refractivity contribution in [2.24, 2.45) is 5.41 Å². The summed E-state index contributed by atoms with van der Waals surface area (Å²) in [5, 5.41) is 0.967. The van der Waals surface area contributed by atoms with Crippen LogP contribution in [-0.4, -0.2) is 11.9 Å². The molecular weight excluding hydrogens is 259 g/mol. The first-order valence-electron chi connectivity index (χ1n) is 5.10. The van der Waals surface area contributed by atoms with Crippen molar-refractivity contribution in [1.29, 1.82) is 0 Å². The normalized spacial score (nSPS) is 17.5. The predicted molar refractivity (Wildman–Crippen MR) is 62.1 cm³/mol. The minimum Gasteiger partial charge on any atom is -0.493 e. The molecule has 0 atom stereocenters. The number of aryl methyl sites for hydroxylation is 1. The summed E-state index contributed by atoms with van der Waals surface area (Å²) in [6, 6.07) is 4.66. The maximum atomic E-state index is 13.0. The molecule has 0 aromatic heterocycles. The van der Waals surface area contributed by atoms with Crippen molar-refractivity contribution in [1.82, 2.24) is 0 Å². The number of hydrogen-bond donors (Lipinski definition) is 0. The van der Waals surface area contributed by atoms with Gasteiger partial charge in [-0.05, 0) is 31.4 Å². The largest absolute Gasteiger partial charge is 0.493 e. The molecule has 0 aliphatic heterocycles. The molecule has 0 bridgehead atoms. The van der Waals surface area contributed by atoms with Gasteiger partial charge in [0.25, 0.3) is 0 Å². The summed E-state index contributed by atoms with van der Waals surface area (Å²) >= 11 is 3.49. The molecule has 3 heteroatoms. The van der Waals surface area contributed by atoms with Crippen molar-refractivity contribution < 1.29 is 9.13 Å². The topological polar surface area (TPSA) is 9.23 Å². The highest BCUT2D eigenvalue weighted by molar-refractivity contribution is 9.09. The fraction of sp³-hybridized carbons (Fsp3) is 0.500. The van der Waals surface area contributed by atoms with E-state index in [4.69, 9.17) is 4.74 Å². The molecule has 1 fully saturated rings. The molecule has 2 rings (SSSR count). The van der Waals surface area contributed by atoms with Crippen molar-refractivity contribution in [2.75, 3.05) is 11.9 Å². The highest BCUT2D eigenvalue weighted by atomic mass is 79.9. The third-order valence-electron chi connectivity index (χ3n) is 2.92. The minimum absolute atomic E-state index is 0.237. The lowest BCUT2D eigenvalue weighted by Crippen LogP contribution is -2.14. The molecule has 15 heavy (non-hydrogen) atoms. The number of alkyl halides is 1. The van der Waals surface area contributed by atoms with Gasteiger partial charge in [0.2, 0.25) is 0 Å². The second-order valence-electron chi connectivity index (χ2n) is 4.33. The quantitative estimate of drug-likeness (QED) is 0.760. The van der Waals surface area contributed by atoms with E-state index >= 15 is 0 Å². The zero-order valence-electron chi connectivity index (χ0n) is 8.72. The second kappa shape index (κ2) is 4.12. The van der Waals surface area contributed by atoms with Crippen molar-refractivity contribution in [2.45, 2.75) is 19.8 Å². The maximum absolute atomic E-state index is 13.0. The zero-order chi connectivity index (χ0) is 10.9. The van der Waals surface area contributed by atoms with Gasteiger partial charge in [-0.1, -0.05) is 22.0 Å². The SMILES string of the molecule is Cc1ccc(F)cc1OCC1(CBr)CC1. The van der Waals surface area contributed by atoms with Crippen LogP contribution in [0.5, 0.6) is 5.75 Å². The van der Waals surface area contributed by atoms with Crippen LogP contribution in [0, 0.1) is 18.2 Å². The predicted octanol–water partition coefficient (Wildman–Crippen LogP) is 3.69. The van der Waals surface area contributed by atoms with Gasteiger partial charge in [-0.2, -0.15) is 0 Å². The Morgan fingerprint density at radius 2 is 2.20 bits per heavy atom. The molecule has 0 spiro atoms. The van der Waals surface area contributed by atoms with Crippen LogP contribution in [-0.2, 0) is 0 Å². The minimum atomic E-state index is -0.237. The van der Waals surface area contributed by atoms with Gasteiger partial charge < -0.3 is 4.74 Å². The van der Waals surface area contributed by atoms with E-state index in [9.17, 15) is 4.39 Å². The lowest BCUT2D eigenvalue weighted by molar-refractivity contribution is 0.249. The van der Waals surface area contributed by atoms with Gasteiger partial charge in [-0.15, -0.1) is 0 Å². The van der Waals surface area contributed by atoms with E-state index in [1.54, 1.807) is 6.07 Å². The Bertz CT molecular complexity index is 361. The van der Waals surface area contributed by atoms with Gasteiger partial charge in [0.1, 0.15) is 11.6 Å². The van der Waals surface area contributed by atoms with Crippen LogP contribution in [0.2, 0.25) is 0 Å². The van der Waals surface area contributed by atoms with Gasteiger partial charge in [0.05, 0.1) is 6.61 Å². The average molecular weight is 273 g/mol. The summed E-state index contributed by atoms with van der Waals surface area (Å²) in [7, 11) is 0. The highest BCUT2D eigenvalue weighted by Crippen LogP contribution is 2.47. The molecule has 1 aromatic carbocycles. The first kappa shape index (κ1) is 10.9. The van der Waals surface area contributed by atoms with Crippen LogP contribution in [0.4, 0.5) is 4.39 Å². The maximum Gasteiger partial charge on any atom is 0.126 e. The molecule has 0 saturated heterocycles. The molecule has 1 aromatic rings. The smallest absolute Gasteiger partial charge is 0.126 e. The summed E-state index contributed by atoms with van der Waals surface area (Å²) in [4.78, 5) is 0. The van der Waals surface area contributed by atoms with Gasteiger partial charge >= 0.3 is 0 Å². The van der Waals surface area contributed by atoms with E-state index in [0.29, 0.717) is 17.8 Å². The van der Waals surface area contributed by atoms with Crippen LogP contribution in [0.3, 0.4) is 0 Å². The van der Waals surface area contributed by atoms with E-state index < -0.39 is 0 Å². The van der Waals surface area contributed by atoms with Gasteiger partial charge in [0, 0.05) is 16.8 Å². The van der Waals surface area contributed by atoms with Crippen molar-refractivity contribution in [3.8, 4) is 5.75 Å². The molecule has 0 N–H and O–H groups in total. The lowest BCUT2D eigenvalue weighted by atomic mass is 10.1. The third kappa shape index (κ3) is 2.51. The Kier molecular flexibility index (Phi) is 3.01. The molecule has 0 radical (unpaired) electrons. The first-order valence-corrected chi connectivity index (χ1v) is 6.22. The molecule has 1 saturated carbocycles. The summed E-state index contributed by atoms with van der Waals surface area (Å²) in [6.07, 6.45) is 2.40. The molecule has 1 aliphatic rings. The lowest BCUT2D eigenvalue weighted by Gasteiger charge is -2.14. The van der Waals surface area contributed by atoms with Gasteiger partial charge in [-0.3, -0.25) is 0 Å². The van der Waals surface area contributed by atoms with E-state index in [1.807, 2.05) is 6.92 Å². The summed E-state index contributed by atoms with van der Waals surface area (Å²) < 4.78 is 18.6. The molecule has 1 nitrogen and oxygen atoms in total. The molecule has 1 aliphatic carbocycles. The molecule has 82 valence electrons. The summed E-state index contributed by atoms with van der Waals surface area (Å²) in [5.74, 6) is 0.432. The number of halogens is 2. The van der Waals surface area contributed by atoms with Crippen LogP contribution in [0.25, 0.3) is 0 Å². The van der Waals surface area contributed by atoms with Crippen LogP contribution >= 0.6 is 15.9 Å². The Labute approximate surface area is 97.8 Å². The summed E-state index contributed by atoms with van der Waals surface area (Å²) in [5.41, 5.74) is 1.29. The number of rotatable bonds is 4. The molecule has 0 heterocycles. The van der Waals surface area contributed by atoms with Crippen molar-refractivity contribution in [3.63, 3.8) is 0 Å². The Morgan fingerprint density at radius 3 is 2.80 bits per heavy atom. The Morgan fingerprint density at radius 1 is 1.47 bits per heavy atom. The zero-order valence-corrected chi connectivity index (χ0v) is 10.3. The fourth-order valence-corrected chi connectivity index (χ4v) is 2.18. The molecule has 0 unspecified atom stereocenters. The Balaban J connectivity index is 2.01. The fourth-order valence-electron chi connectivity index (χ4n) is 1.45. The van der Waals surface area contributed by atoms with E-state index in [0.717, 1.165) is 10.9 Å². The Hall–Kier alpha value is -0.570. The van der Waals surface area contributed by atoms with Gasteiger partial charge in [0.15, 0.2) is 0 Å². The van der Waals surface area contributed by atoms with E-state index in [1.165, 1.54) is 25.0 Å². The monoisotopic (exact) mass is 272 g/mol. The van der Waals surface area contributed by atoms with E-state index in [-0.39, 0.29) is 5.82 Å². The van der Waals surface area contributed by atoms with Crippen molar-refractivity contribution in [3.05, 3.63) is 29.6 Å². The summed E-state index contributed by atoms with van der Waals surface area (Å²) in [6.45, 7) is 2.62. The molecule has 0 amide bonds. The number of hydrogen-bond acceptors (Lipinski definition) is 1.